The summed E-state index contributed by atoms with van der Waals surface area (Å²) in [5.74, 6) is -0.293. The molecule has 1 rings (SSSR count). The van der Waals surface area contributed by atoms with Crippen molar-refractivity contribution in [2.75, 3.05) is 19.8 Å². The van der Waals surface area contributed by atoms with E-state index in [0.717, 1.165) is 83.5 Å². The van der Waals surface area contributed by atoms with E-state index < -0.39 is 49.5 Å². The number of esters is 1. The third-order valence-electron chi connectivity index (χ3n) is 11.9. The Bertz CT molecular complexity index is 1210. The number of carbonyl (C=O) groups is 2. The molecule has 7 unspecified atom stereocenters. The lowest BCUT2D eigenvalue weighted by Gasteiger charge is -2.40. The number of carbonyl (C=O) groups excluding carboxylic acids is 2. The Morgan fingerprint density at radius 3 is 1.58 bits per heavy atom. The highest BCUT2D eigenvalue weighted by Crippen LogP contribution is 2.22. The Kier molecular flexibility index (Phi) is 40.3. The predicted octanol–water partition coefficient (Wildman–Crippen LogP) is 10.5. The van der Waals surface area contributed by atoms with Crippen LogP contribution in [-0.4, -0.2) is 100 Å². The predicted molar refractivity (Wildman–Crippen MR) is 260 cm³/mol. The van der Waals surface area contributed by atoms with Crippen molar-refractivity contribution in [1.29, 1.82) is 0 Å². The zero-order valence-corrected chi connectivity index (χ0v) is 40.5. The van der Waals surface area contributed by atoms with Crippen LogP contribution in [-0.2, 0) is 23.8 Å². The van der Waals surface area contributed by atoms with Gasteiger partial charge in [0, 0.05) is 12.8 Å². The topological polar surface area (TPSA) is 175 Å². The number of hydrogen-bond acceptors (Lipinski definition) is 10. The smallest absolute Gasteiger partial charge is 0.305 e. The average Bonchev–Trinajstić information content (AvgIpc) is 3.29. The molecule has 0 spiro atoms. The Balaban J connectivity index is 2.16. The van der Waals surface area contributed by atoms with E-state index in [1.807, 2.05) is 6.08 Å². The van der Waals surface area contributed by atoms with Crippen LogP contribution in [0.5, 0.6) is 0 Å². The molecule has 1 aliphatic rings. The molecule has 11 heteroatoms. The summed E-state index contributed by atoms with van der Waals surface area (Å²) in [5.41, 5.74) is 0. The van der Waals surface area contributed by atoms with Crippen molar-refractivity contribution in [2.45, 2.75) is 256 Å². The van der Waals surface area contributed by atoms with E-state index in [-0.39, 0.29) is 18.5 Å². The molecule has 372 valence electrons. The summed E-state index contributed by atoms with van der Waals surface area (Å²) in [7, 11) is 0. The largest absolute Gasteiger partial charge is 0.466 e. The van der Waals surface area contributed by atoms with Gasteiger partial charge in [0.1, 0.15) is 24.4 Å². The van der Waals surface area contributed by atoms with E-state index in [9.17, 15) is 35.1 Å². The standard InChI is InChI=1S/C53H95NO10/c1-3-5-7-9-11-13-14-15-16-17-18-21-25-29-33-37-41-49(58)62-42-38-34-30-26-22-19-20-24-28-32-36-40-48(57)54-45(46(56)39-35-31-27-23-12-10-8-6-4-2)44-63-53-52(61)51(60)50(59)47(43-55)64-53/h12,16-17,22-23,26,35,39,45-47,50-53,55-56,59-61H,3-11,13-15,18-21,24-25,27-34,36-38,40-44H2,1-2H3,(H,54,57)/b17-16-,23-12+,26-22-,39-35+. The van der Waals surface area contributed by atoms with Crippen LogP contribution in [0, 0.1) is 0 Å². The molecule has 1 saturated heterocycles. The van der Waals surface area contributed by atoms with E-state index in [0.29, 0.717) is 25.9 Å². The Hall–Kier alpha value is -2.38. The van der Waals surface area contributed by atoms with Crippen LogP contribution in [0.3, 0.4) is 0 Å². The first kappa shape index (κ1) is 59.6. The summed E-state index contributed by atoms with van der Waals surface area (Å²) in [6.07, 6.45) is 42.1. The van der Waals surface area contributed by atoms with Crippen LogP contribution in [0.4, 0.5) is 0 Å². The number of unbranched alkanes of at least 4 members (excludes halogenated alkanes) is 23. The second-order valence-corrected chi connectivity index (χ2v) is 17.8. The molecule has 64 heavy (non-hydrogen) atoms. The summed E-state index contributed by atoms with van der Waals surface area (Å²) >= 11 is 0. The van der Waals surface area contributed by atoms with E-state index >= 15 is 0 Å². The first-order valence-electron chi connectivity index (χ1n) is 25.9. The molecular formula is C53H95NO10. The normalized spacial score (nSPS) is 20.3. The average molecular weight is 906 g/mol. The Morgan fingerprint density at radius 1 is 0.562 bits per heavy atom. The molecule has 1 heterocycles. The lowest BCUT2D eigenvalue weighted by molar-refractivity contribution is -0.302. The van der Waals surface area contributed by atoms with Gasteiger partial charge in [-0.1, -0.05) is 152 Å². The maximum absolute atomic E-state index is 12.9. The van der Waals surface area contributed by atoms with Gasteiger partial charge in [-0.2, -0.15) is 0 Å². The highest BCUT2D eigenvalue weighted by Gasteiger charge is 2.44. The molecule has 0 aromatic heterocycles. The van der Waals surface area contributed by atoms with Crippen molar-refractivity contribution in [3.8, 4) is 0 Å². The molecule has 11 nitrogen and oxygen atoms in total. The maximum Gasteiger partial charge on any atom is 0.305 e. The summed E-state index contributed by atoms with van der Waals surface area (Å²) in [5, 5.41) is 54.0. The van der Waals surface area contributed by atoms with E-state index in [2.05, 4.69) is 55.6 Å². The number of hydrogen-bond donors (Lipinski definition) is 6. The van der Waals surface area contributed by atoms with Crippen molar-refractivity contribution < 1.29 is 49.3 Å². The fraction of sp³-hybridized carbons (Fsp3) is 0.811. The third-order valence-corrected chi connectivity index (χ3v) is 11.9. The quantitative estimate of drug-likeness (QED) is 0.0196. The van der Waals surface area contributed by atoms with E-state index in [1.54, 1.807) is 6.08 Å². The molecule has 0 aliphatic carbocycles. The van der Waals surface area contributed by atoms with Gasteiger partial charge in [0.2, 0.25) is 5.91 Å². The highest BCUT2D eigenvalue weighted by molar-refractivity contribution is 5.76. The first-order valence-corrected chi connectivity index (χ1v) is 25.9. The van der Waals surface area contributed by atoms with E-state index in [4.69, 9.17) is 14.2 Å². The van der Waals surface area contributed by atoms with E-state index in [1.165, 1.54) is 96.3 Å². The molecule has 0 bridgehead atoms. The van der Waals surface area contributed by atoms with Crippen LogP contribution >= 0.6 is 0 Å². The van der Waals surface area contributed by atoms with Crippen LogP contribution < -0.4 is 5.32 Å². The highest BCUT2D eigenvalue weighted by atomic mass is 16.7. The second-order valence-electron chi connectivity index (χ2n) is 17.8. The van der Waals surface area contributed by atoms with Crippen LogP contribution in [0.15, 0.2) is 48.6 Å². The Labute approximate surface area is 389 Å². The van der Waals surface area contributed by atoms with Gasteiger partial charge in [-0.05, 0) is 96.3 Å². The minimum atomic E-state index is -1.59. The monoisotopic (exact) mass is 906 g/mol. The zero-order valence-electron chi connectivity index (χ0n) is 40.5. The Morgan fingerprint density at radius 2 is 1.02 bits per heavy atom. The van der Waals surface area contributed by atoms with Gasteiger partial charge in [-0.3, -0.25) is 9.59 Å². The van der Waals surface area contributed by atoms with Crippen LogP contribution in [0.1, 0.15) is 213 Å². The summed E-state index contributed by atoms with van der Waals surface area (Å²) < 4.78 is 16.6. The van der Waals surface area contributed by atoms with Gasteiger partial charge in [0.05, 0.1) is 32.0 Å². The lowest BCUT2D eigenvalue weighted by atomic mass is 9.99. The molecule has 0 aromatic rings. The summed E-state index contributed by atoms with van der Waals surface area (Å²) in [6.45, 7) is 4.14. The molecular weight excluding hydrogens is 811 g/mol. The minimum Gasteiger partial charge on any atom is -0.466 e. The van der Waals surface area contributed by atoms with Crippen LogP contribution in [0.25, 0.3) is 0 Å². The fourth-order valence-electron chi connectivity index (χ4n) is 7.67. The molecule has 7 atom stereocenters. The lowest BCUT2D eigenvalue weighted by Crippen LogP contribution is -2.60. The third kappa shape index (κ3) is 33.1. The van der Waals surface area contributed by atoms with Crippen LogP contribution in [0.2, 0.25) is 0 Å². The van der Waals surface area contributed by atoms with Crippen molar-refractivity contribution in [3.05, 3.63) is 48.6 Å². The molecule has 1 amide bonds. The fourth-order valence-corrected chi connectivity index (χ4v) is 7.67. The van der Waals surface area contributed by atoms with Gasteiger partial charge in [-0.15, -0.1) is 0 Å². The van der Waals surface area contributed by atoms with Crippen molar-refractivity contribution in [2.24, 2.45) is 0 Å². The number of aliphatic hydroxyl groups excluding tert-OH is 5. The van der Waals surface area contributed by atoms with Gasteiger partial charge >= 0.3 is 5.97 Å². The molecule has 0 radical (unpaired) electrons. The summed E-state index contributed by atoms with van der Waals surface area (Å²) in [6, 6.07) is -0.848. The number of aliphatic hydroxyl groups is 5. The van der Waals surface area contributed by atoms with Crippen molar-refractivity contribution in [1.82, 2.24) is 5.32 Å². The van der Waals surface area contributed by atoms with Crippen molar-refractivity contribution in [3.63, 3.8) is 0 Å². The number of ether oxygens (including phenoxy) is 3. The molecule has 1 fully saturated rings. The van der Waals surface area contributed by atoms with Gasteiger partial charge in [0.25, 0.3) is 0 Å². The molecule has 0 aromatic carbocycles. The van der Waals surface area contributed by atoms with Crippen molar-refractivity contribution >= 4 is 11.9 Å². The second kappa shape index (κ2) is 43.2. The SMILES string of the molecule is CCCCC/C=C/CC/C=C/C(O)C(COC1OC(CO)C(O)C(O)C1O)NC(=O)CCCCCCC/C=C\CCCCOC(=O)CCCCCCC/C=C\CCCCCCCCC. The zero-order chi connectivity index (χ0) is 46.7. The number of allylic oxidation sites excluding steroid dienone is 7. The number of rotatable bonds is 43. The first-order chi connectivity index (χ1) is 31.2. The maximum atomic E-state index is 12.9. The molecule has 1 aliphatic heterocycles. The number of amides is 1. The summed E-state index contributed by atoms with van der Waals surface area (Å²) in [4.78, 5) is 25.0. The van der Waals surface area contributed by atoms with Gasteiger partial charge < -0.3 is 45.1 Å². The van der Waals surface area contributed by atoms with Gasteiger partial charge in [-0.25, -0.2) is 0 Å². The minimum absolute atomic E-state index is 0.0672. The number of nitrogens with one attached hydrogen (secondary N) is 1. The molecule has 6 N–H and O–H groups in total. The van der Waals surface area contributed by atoms with Gasteiger partial charge in [0.15, 0.2) is 6.29 Å². The molecule has 0 saturated carbocycles.